The number of allylic oxidation sites excluding steroid dienone is 1. The Morgan fingerprint density at radius 3 is 1.75 bits per heavy atom. The molecule has 12 aromatic rings. The van der Waals surface area contributed by atoms with Gasteiger partial charge in [0.15, 0.2) is 0 Å². The van der Waals surface area contributed by atoms with Crippen LogP contribution in [0.2, 0.25) is 0 Å². The van der Waals surface area contributed by atoms with Crippen molar-refractivity contribution in [1.82, 2.24) is 18.7 Å². The van der Waals surface area contributed by atoms with Crippen LogP contribution >= 0.6 is 11.3 Å². The number of hydrogen-bond donors (Lipinski definition) is 0. The van der Waals surface area contributed by atoms with Crippen molar-refractivity contribution in [2.24, 2.45) is 0 Å². The molecule has 7 aromatic carbocycles. The highest BCUT2D eigenvalue weighted by Crippen LogP contribution is 2.41. The summed E-state index contributed by atoms with van der Waals surface area (Å²) in [6.45, 7) is 4.47. The van der Waals surface area contributed by atoms with E-state index in [0.29, 0.717) is 0 Å². The fourth-order valence-electron chi connectivity index (χ4n) is 9.49. The zero-order valence-corrected chi connectivity index (χ0v) is 33.5. The molecule has 280 valence electrons. The summed E-state index contributed by atoms with van der Waals surface area (Å²) in [5.41, 5.74) is 11.8. The summed E-state index contributed by atoms with van der Waals surface area (Å²) in [4.78, 5) is 5.47. The summed E-state index contributed by atoms with van der Waals surface area (Å²) in [5, 5.41) is 8.75. The van der Waals surface area contributed by atoms with Crippen LogP contribution in [0.1, 0.15) is 24.6 Å². The Morgan fingerprint density at radius 2 is 1.03 bits per heavy atom. The predicted octanol–water partition coefficient (Wildman–Crippen LogP) is 15.0. The molecule has 0 bridgehead atoms. The van der Waals surface area contributed by atoms with Gasteiger partial charge in [0.05, 0.1) is 27.6 Å². The number of aromatic nitrogens is 4. The van der Waals surface area contributed by atoms with Gasteiger partial charge in [0, 0.05) is 64.0 Å². The molecule has 0 unspecified atom stereocenters. The molecule has 0 amide bonds. The molecular formula is C54H38N4S. The second-order valence-electron chi connectivity index (χ2n) is 15.5. The summed E-state index contributed by atoms with van der Waals surface area (Å²) < 4.78 is 9.75. The molecule has 12 rings (SSSR count). The second kappa shape index (κ2) is 13.2. The van der Waals surface area contributed by atoms with E-state index in [4.69, 9.17) is 4.98 Å². The minimum absolute atomic E-state index is 0.884. The van der Waals surface area contributed by atoms with Crippen LogP contribution in [0.5, 0.6) is 0 Å². The first kappa shape index (κ1) is 33.9. The van der Waals surface area contributed by atoms with Gasteiger partial charge in [-0.3, -0.25) is 9.13 Å². The third kappa shape index (κ3) is 5.11. The molecule has 0 aliphatic heterocycles. The zero-order valence-electron chi connectivity index (χ0n) is 32.7. The Kier molecular flexibility index (Phi) is 7.56. The number of hydrogen-bond acceptors (Lipinski definition) is 2. The highest BCUT2D eigenvalue weighted by molar-refractivity contribution is 7.25. The maximum Gasteiger partial charge on any atom is 0.140 e. The number of nitrogens with zero attached hydrogens (tertiary/aromatic N) is 4. The largest absolute Gasteiger partial charge is 0.313 e. The van der Waals surface area contributed by atoms with Crippen molar-refractivity contribution in [2.45, 2.75) is 20.3 Å². The minimum Gasteiger partial charge on any atom is -0.313 e. The highest BCUT2D eigenvalue weighted by atomic mass is 32.1. The average Bonchev–Trinajstić information content (AvgIpc) is 4.00. The molecule has 0 aliphatic rings. The van der Waals surface area contributed by atoms with E-state index >= 15 is 0 Å². The van der Waals surface area contributed by atoms with Gasteiger partial charge in [0.1, 0.15) is 11.6 Å². The van der Waals surface area contributed by atoms with Gasteiger partial charge < -0.3 is 4.57 Å². The Balaban J connectivity index is 1.08. The Hall–Kier alpha value is -7.21. The van der Waals surface area contributed by atoms with Crippen LogP contribution in [0.3, 0.4) is 0 Å². The van der Waals surface area contributed by atoms with Gasteiger partial charge in [0.2, 0.25) is 0 Å². The van der Waals surface area contributed by atoms with Crippen molar-refractivity contribution in [2.75, 3.05) is 0 Å². The van der Waals surface area contributed by atoms with Crippen LogP contribution in [0.4, 0.5) is 0 Å². The van der Waals surface area contributed by atoms with Gasteiger partial charge in [-0.15, -0.1) is 11.3 Å². The molecule has 5 heterocycles. The SMILES string of the molecule is CC/C=C\c1c(C)n(-c2cccc(-c3ccc4sc5ccccc5c4c3)c2)c2cc3c(cc12)c1ccccc1n3-c1cccc(-n2c3ccccc3c3ccccc32)n1. The van der Waals surface area contributed by atoms with E-state index in [2.05, 4.69) is 210 Å². The summed E-state index contributed by atoms with van der Waals surface area (Å²) in [6, 6.07) is 61.9. The summed E-state index contributed by atoms with van der Waals surface area (Å²) in [5.74, 6) is 1.78. The standard InChI is InChI=1S/C54H38N4S/c1-3-4-17-38-34(2)56(37-16-13-15-35(30-37)36-28-29-52-45(31-36)42-21-8-12-25-51(42)59-52)49-33-50-44(32-43(38)49)41-20-7-11-24-48(41)58(50)54-27-14-26-53(55-54)57-46-22-9-5-18-39(46)40-19-6-10-23-47(40)57/h4-33H,3H2,1-2H3/b17-4-. The van der Waals surface area contributed by atoms with E-state index in [9.17, 15) is 0 Å². The van der Waals surface area contributed by atoms with Crippen LogP contribution in [0, 0.1) is 6.92 Å². The molecule has 0 spiro atoms. The zero-order chi connectivity index (χ0) is 39.2. The maximum atomic E-state index is 5.47. The van der Waals surface area contributed by atoms with Crippen molar-refractivity contribution < 1.29 is 0 Å². The lowest BCUT2D eigenvalue weighted by Crippen LogP contribution is -2.03. The predicted molar refractivity (Wildman–Crippen MR) is 252 cm³/mol. The molecule has 5 heteroatoms. The van der Waals surface area contributed by atoms with Crippen molar-refractivity contribution in [3.8, 4) is 28.5 Å². The molecule has 0 atom stereocenters. The lowest BCUT2D eigenvalue weighted by Gasteiger charge is -2.13. The first-order chi connectivity index (χ1) is 29.1. The molecule has 0 saturated carbocycles. The maximum absolute atomic E-state index is 5.47. The van der Waals surface area contributed by atoms with Crippen LogP contribution in [-0.4, -0.2) is 18.7 Å². The third-order valence-electron chi connectivity index (χ3n) is 12.1. The summed E-state index contributed by atoms with van der Waals surface area (Å²) >= 11 is 1.86. The van der Waals surface area contributed by atoms with Crippen LogP contribution < -0.4 is 0 Å². The molecule has 4 nitrogen and oxygen atoms in total. The van der Waals surface area contributed by atoms with E-state index in [1.54, 1.807) is 0 Å². The van der Waals surface area contributed by atoms with Crippen molar-refractivity contribution in [3.05, 3.63) is 187 Å². The van der Waals surface area contributed by atoms with E-state index in [1.807, 2.05) is 11.3 Å². The topological polar surface area (TPSA) is 27.7 Å². The van der Waals surface area contributed by atoms with Gasteiger partial charge in [-0.25, -0.2) is 4.98 Å². The number of benzene rings is 7. The molecular weight excluding hydrogens is 737 g/mol. The quantitative estimate of drug-likeness (QED) is 0.165. The molecule has 0 radical (unpaired) electrons. The lowest BCUT2D eigenvalue weighted by molar-refractivity contribution is 1.01. The number of thiophene rings is 1. The number of fused-ring (bicyclic) bond motifs is 10. The van der Waals surface area contributed by atoms with Crippen molar-refractivity contribution in [1.29, 1.82) is 0 Å². The van der Waals surface area contributed by atoms with E-state index in [1.165, 1.54) is 75.0 Å². The molecule has 0 fully saturated rings. The Labute approximate surface area is 345 Å². The summed E-state index contributed by atoms with van der Waals surface area (Å²) in [7, 11) is 0. The smallest absolute Gasteiger partial charge is 0.140 e. The van der Waals surface area contributed by atoms with Gasteiger partial charge in [-0.2, -0.15) is 0 Å². The van der Waals surface area contributed by atoms with Crippen LogP contribution in [0.15, 0.2) is 176 Å². The first-order valence-electron chi connectivity index (χ1n) is 20.4. The van der Waals surface area contributed by atoms with E-state index in [-0.39, 0.29) is 0 Å². The Morgan fingerprint density at radius 1 is 0.458 bits per heavy atom. The fraction of sp³-hybridized carbons (Fsp3) is 0.0556. The molecule has 59 heavy (non-hydrogen) atoms. The number of rotatable bonds is 6. The molecule has 5 aromatic heterocycles. The lowest BCUT2D eigenvalue weighted by atomic mass is 10.0. The van der Waals surface area contributed by atoms with Gasteiger partial charge in [-0.1, -0.05) is 116 Å². The molecule has 0 saturated heterocycles. The van der Waals surface area contributed by atoms with Crippen molar-refractivity contribution in [3.63, 3.8) is 0 Å². The normalized spacial score (nSPS) is 12.2. The first-order valence-corrected chi connectivity index (χ1v) is 21.2. The number of pyridine rings is 1. The average molecular weight is 775 g/mol. The monoisotopic (exact) mass is 774 g/mol. The van der Waals surface area contributed by atoms with E-state index in [0.717, 1.165) is 45.8 Å². The van der Waals surface area contributed by atoms with Gasteiger partial charge >= 0.3 is 0 Å². The van der Waals surface area contributed by atoms with E-state index < -0.39 is 0 Å². The highest BCUT2D eigenvalue weighted by Gasteiger charge is 2.21. The van der Waals surface area contributed by atoms with Gasteiger partial charge in [0.25, 0.3) is 0 Å². The third-order valence-corrected chi connectivity index (χ3v) is 13.3. The molecule has 0 N–H and O–H groups in total. The summed E-state index contributed by atoms with van der Waals surface area (Å²) in [6.07, 6.45) is 5.56. The van der Waals surface area contributed by atoms with Crippen LogP contribution in [0.25, 0.3) is 109 Å². The minimum atomic E-state index is 0.884. The second-order valence-corrected chi connectivity index (χ2v) is 16.6. The fourth-order valence-corrected chi connectivity index (χ4v) is 10.6. The van der Waals surface area contributed by atoms with Gasteiger partial charge in [-0.05, 0) is 97.3 Å². The molecule has 0 aliphatic carbocycles. The Bertz CT molecular complexity index is 3630. The van der Waals surface area contributed by atoms with Crippen molar-refractivity contribution >= 4 is 92.1 Å². The number of para-hydroxylation sites is 3. The van der Waals surface area contributed by atoms with Crippen LogP contribution in [-0.2, 0) is 0 Å².